The van der Waals surface area contributed by atoms with Gasteiger partial charge in [-0.05, 0) is 29.8 Å². The second-order valence-electron chi connectivity index (χ2n) is 8.83. The standard InChI is InChI=1S/C28H28ClN5O4.ClH.H2O/c1-36-24-15-20-22(16-25(24)37-2)31-28(32-26(20)30)34-12-10-33(11-13-34)27(35)19-8-9-23(21(29)14-19)38-17-18-6-4-3-5-7-18;;/h3-9,14-16H,10-13,17H2,1-2H3,(H2,30,31,32);1H;1H2. The largest absolute Gasteiger partial charge is 0.493 e. The van der Waals surface area contributed by atoms with E-state index in [0.717, 1.165) is 5.56 Å². The van der Waals surface area contributed by atoms with Gasteiger partial charge in [0.1, 0.15) is 18.2 Å². The molecule has 4 aromatic rings. The van der Waals surface area contributed by atoms with Gasteiger partial charge >= 0.3 is 0 Å². The van der Waals surface area contributed by atoms with E-state index >= 15 is 0 Å². The van der Waals surface area contributed by atoms with Crippen LogP contribution in [0.5, 0.6) is 17.2 Å². The third-order valence-electron chi connectivity index (χ3n) is 6.48. The Balaban J connectivity index is 0.00000220. The first-order valence-electron chi connectivity index (χ1n) is 12.2. The van der Waals surface area contributed by atoms with Crippen molar-refractivity contribution < 1.29 is 24.5 Å². The highest BCUT2D eigenvalue weighted by atomic mass is 35.5. The zero-order valence-electron chi connectivity index (χ0n) is 22.1. The maximum atomic E-state index is 13.2. The van der Waals surface area contributed by atoms with Crippen molar-refractivity contribution in [2.24, 2.45) is 0 Å². The number of piperazine rings is 1. The summed E-state index contributed by atoms with van der Waals surface area (Å²) in [5.74, 6) is 2.45. The van der Waals surface area contributed by atoms with Crippen molar-refractivity contribution in [1.82, 2.24) is 14.9 Å². The van der Waals surface area contributed by atoms with Gasteiger partial charge in [0.25, 0.3) is 5.91 Å². The van der Waals surface area contributed by atoms with Gasteiger partial charge in [0.15, 0.2) is 11.5 Å². The molecule has 2 heterocycles. The molecule has 0 atom stereocenters. The van der Waals surface area contributed by atoms with Crippen molar-refractivity contribution in [3.63, 3.8) is 0 Å². The van der Waals surface area contributed by atoms with Crippen LogP contribution >= 0.6 is 24.0 Å². The molecule has 5 rings (SSSR count). The molecule has 40 heavy (non-hydrogen) atoms. The summed E-state index contributed by atoms with van der Waals surface area (Å²) in [5, 5.41) is 1.09. The fourth-order valence-corrected chi connectivity index (χ4v) is 4.62. The molecule has 12 heteroatoms. The fourth-order valence-electron chi connectivity index (χ4n) is 4.39. The molecule has 0 radical (unpaired) electrons. The molecular weight excluding hydrogens is 557 g/mol. The normalized spacial score (nSPS) is 12.8. The van der Waals surface area contributed by atoms with Crippen LogP contribution in [0.25, 0.3) is 10.9 Å². The minimum Gasteiger partial charge on any atom is -0.493 e. The Bertz CT molecular complexity index is 1470. The van der Waals surface area contributed by atoms with Crippen LogP contribution in [0.1, 0.15) is 15.9 Å². The molecule has 0 saturated carbocycles. The fraction of sp³-hybridized carbons (Fsp3) is 0.250. The number of fused-ring (bicyclic) bond motifs is 1. The SMILES string of the molecule is COc1cc2nc(N3CCN(C(=O)c4ccc(OCc5ccccc5)c(Cl)c4)CC3)nc(N)c2cc1OC.Cl.O. The summed E-state index contributed by atoms with van der Waals surface area (Å²) in [7, 11) is 3.14. The van der Waals surface area contributed by atoms with Gasteiger partial charge in [-0.15, -0.1) is 12.4 Å². The number of nitrogens with two attached hydrogens (primary N) is 1. The van der Waals surface area contributed by atoms with Crippen LogP contribution in [0.3, 0.4) is 0 Å². The van der Waals surface area contributed by atoms with Crippen molar-refractivity contribution in [1.29, 1.82) is 0 Å². The number of anilines is 2. The summed E-state index contributed by atoms with van der Waals surface area (Å²) in [6.07, 6.45) is 0. The number of hydrogen-bond donors (Lipinski definition) is 1. The number of amides is 1. The van der Waals surface area contributed by atoms with Crippen molar-refractivity contribution in [3.05, 3.63) is 76.8 Å². The Kier molecular flexibility index (Phi) is 10.2. The van der Waals surface area contributed by atoms with Gasteiger partial charge in [-0.25, -0.2) is 4.98 Å². The quantitative estimate of drug-likeness (QED) is 0.342. The second kappa shape index (κ2) is 13.4. The van der Waals surface area contributed by atoms with Crippen molar-refractivity contribution in [2.75, 3.05) is 51.0 Å². The number of methoxy groups -OCH3 is 2. The van der Waals surface area contributed by atoms with E-state index in [-0.39, 0.29) is 23.8 Å². The smallest absolute Gasteiger partial charge is 0.254 e. The molecule has 1 fully saturated rings. The molecule has 1 aliphatic rings. The Morgan fingerprint density at radius 3 is 2.25 bits per heavy atom. The number of nitrogens with zero attached hydrogens (tertiary/aromatic N) is 4. The predicted octanol–water partition coefficient (Wildman–Crippen LogP) is 4.02. The number of halogens is 2. The van der Waals surface area contributed by atoms with Crippen molar-refractivity contribution in [3.8, 4) is 17.2 Å². The van der Waals surface area contributed by atoms with E-state index in [4.69, 9.17) is 36.5 Å². The first-order chi connectivity index (χ1) is 18.5. The summed E-state index contributed by atoms with van der Waals surface area (Å²) in [6, 6.07) is 18.5. The third-order valence-corrected chi connectivity index (χ3v) is 6.78. The lowest BCUT2D eigenvalue weighted by atomic mass is 10.1. The van der Waals surface area contributed by atoms with Crippen LogP contribution in [0.4, 0.5) is 11.8 Å². The van der Waals surface area contributed by atoms with Gasteiger partial charge in [0.05, 0.1) is 24.8 Å². The zero-order chi connectivity index (χ0) is 26.6. The monoisotopic (exact) mass is 587 g/mol. The second-order valence-corrected chi connectivity index (χ2v) is 9.24. The van der Waals surface area contributed by atoms with Crippen LogP contribution in [0.15, 0.2) is 60.7 Å². The molecule has 3 aromatic carbocycles. The number of nitrogen functional groups attached to an aromatic ring is 1. The number of ether oxygens (including phenoxy) is 3. The Hall–Kier alpha value is -3.99. The van der Waals surface area contributed by atoms with E-state index in [2.05, 4.69) is 4.98 Å². The van der Waals surface area contributed by atoms with Crippen LogP contribution < -0.4 is 24.8 Å². The Labute approximate surface area is 243 Å². The molecule has 0 spiro atoms. The molecule has 0 aliphatic carbocycles. The zero-order valence-corrected chi connectivity index (χ0v) is 23.7. The highest BCUT2D eigenvalue weighted by Gasteiger charge is 2.25. The van der Waals surface area contributed by atoms with Crippen molar-refractivity contribution in [2.45, 2.75) is 6.61 Å². The van der Waals surface area contributed by atoms with Crippen LogP contribution in [-0.4, -0.2) is 66.6 Å². The van der Waals surface area contributed by atoms with E-state index in [1.165, 1.54) is 0 Å². The first kappa shape index (κ1) is 30.6. The first-order valence-corrected chi connectivity index (χ1v) is 12.5. The van der Waals surface area contributed by atoms with Gasteiger partial charge in [-0.2, -0.15) is 4.98 Å². The van der Waals surface area contributed by atoms with Crippen LogP contribution in [-0.2, 0) is 6.61 Å². The van der Waals surface area contributed by atoms with Crippen LogP contribution in [0, 0.1) is 0 Å². The molecule has 212 valence electrons. The number of carbonyl (C=O) groups excluding carboxylic acids is 1. The lowest BCUT2D eigenvalue weighted by molar-refractivity contribution is 0.0746. The average Bonchev–Trinajstić information content (AvgIpc) is 2.96. The highest BCUT2D eigenvalue weighted by molar-refractivity contribution is 6.32. The third kappa shape index (κ3) is 6.41. The van der Waals surface area contributed by atoms with Gasteiger partial charge in [-0.1, -0.05) is 41.9 Å². The summed E-state index contributed by atoms with van der Waals surface area (Å²) in [4.78, 5) is 26.2. The van der Waals surface area contributed by atoms with Gasteiger partial charge in [-0.3, -0.25) is 4.79 Å². The molecule has 1 aliphatic heterocycles. The molecule has 4 N–H and O–H groups in total. The predicted molar refractivity (Wildman–Crippen MR) is 158 cm³/mol. The number of benzene rings is 3. The minimum absolute atomic E-state index is 0. The molecule has 0 bridgehead atoms. The summed E-state index contributed by atoms with van der Waals surface area (Å²) < 4.78 is 16.6. The average molecular weight is 588 g/mol. The number of carbonyl (C=O) groups is 1. The van der Waals surface area contributed by atoms with Gasteiger partial charge in [0.2, 0.25) is 5.95 Å². The number of rotatable bonds is 7. The van der Waals surface area contributed by atoms with E-state index < -0.39 is 0 Å². The van der Waals surface area contributed by atoms with Crippen molar-refractivity contribution >= 4 is 52.6 Å². The van der Waals surface area contributed by atoms with Crippen LogP contribution in [0.2, 0.25) is 5.02 Å². The molecule has 1 amide bonds. The van der Waals surface area contributed by atoms with Gasteiger partial charge < -0.3 is 35.2 Å². The summed E-state index contributed by atoms with van der Waals surface area (Å²) >= 11 is 6.44. The lowest BCUT2D eigenvalue weighted by Crippen LogP contribution is -2.49. The van der Waals surface area contributed by atoms with E-state index in [1.54, 1.807) is 49.5 Å². The molecule has 1 saturated heterocycles. The van der Waals surface area contributed by atoms with E-state index in [9.17, 15) is 4.79 Å². The van der Waals surface area contributed by atoms with E-state index in [0.29, 0.717) is 83.3 Å². The lowest BCUT2D eigenvalue weighted by Gasteiger charge is -2.35. The summed E-state index contributed by atoms with van der Waals surface area (Å²) in [6.45, 7) is 2.55. The maximum absolute atomic E-state index is 13.2. The molecule has 0 unspecified atom stereocenters. The summed E-state index contributed by atoms with van der Waals surface area (Å²) in [5.41, 5.74) is 8.47. The number of hydrogen-bond acceptors (Lipinski definition) is 8. The highest BCUT2D eigenvalue weighted by Crippen LogP contribution is 2.34. The Morgan fingerprint density at radius 2 is 1.60 bits per heavy atom. The maximum Gasteiger partial charge on any atom is 0.254 e. The number of aromatic nitrogens is 2. The molecule has 10 nitrogen and oxygen atoms in total. The Morgan fingerprint density at radius 1 is 0.925 bits per heavy atom. The topological polar surface area (TPSA) is 135 Å². The molecular formula is C28H31Cl2N5O5. The van der Waals surface area contributed by atoms with E-state index in [1.807, 2.05) is 35.2 Å². The minimum atomic E-state index is -0.0862. The molecule has 1 aromatic heterocycles. The van der Waals surface area contributed by atoms with Gasteiger partial charge in [0, 0.05) is 43.2 Å².